The molecule has 0 radical (unpaired) electrons. The molecule has 9 heteroatoms. The van der Waals surface area contributed by atoms with E-state index in [9.17, 15) is 18.0 Å². The van der Waals surface area contributed by atoms with Crippen LogP contribution in [0.25, 0.3) is 0 Å². The highest BCUT2D eigenvalue weighted by molar-refractivity contribution is 7.89. The summed E-state index contributed by atoms with van der Waals surface area (Å²) < 4.78 is 32.6. The Morgan fingerprint density at radius 2 is 1.54 bits per heavy atom. The van der Waals surface area contributed by atoms with E-state index in [2.05, 4.69) is 5.32 Å². The smallest absolute Gasteiger partial charge is 0.243 e. The van der Waals surface area contributed by atoms with Gasteiger partial charge in [-0.1, -0.05) is 54.6 Å². The minimum Gasteiger partial charge on any atom is -0.497 e. The van der Waals surface area contributed by atoms with Crippen LogP contribution < -0.4 is 10.1 Å². The highest BCUT2D eigenvalue weighted by Gasteiger charge is 2.30. The second-order valence-electron chi connectivity index (χ2n) is 10.2. The number of hydrogen-bond donors (Lipinski definition) is 1. The molecule has 4 rings (SSSR count). The number of amides is 2. The average molecular weight is 578 g/mol. The Labute approximate surface area is 243 Å². The number of rotatable bonds is 13. The lowest BCUT2D eigenvalue weighted by Crippen LogP contribution is -2.50. The van der Waals surface area contributed by atoms with E-state index in [-0.39, 0.29) is 29.7 Å². The maximum atomic E-state index is 13.8. The minimum absolute atomic E-state index is 0.151. The second-order valence-corrected chi connectivity index (χ2v) is 12.2. The molecule has 0 bridgehead atoms. The first-order valence-corrected chi connectivity index (χ1v) is 15.6. The number of nitrogens with zero attached hydrogens (tertiary/aromatic N) is 2. The number of nitrogens with one attached hydrogen (secondary N) is 1. The third kappa shape index (κ3) is 7.95. The van der Waals surface area contributed by atoms with E-state index in [4.69, 9.17) is 4.74 Å². The van der Waals surface area contributed by atoms with Crippen molar-refractivity contribution in [3.8, 4) is 5.75 Å². The molecule has 3 aromatic carbocycles. The Hall–Kier alpha value is -3.69. The maximum Gasteiger partial charge on any atom is 0.243 e. The van der Waals surface area contributed by atoms with E-state index in [1.165, 1.54) is 4.31 Å². The summed E-state index contributed by atoms with van der Waals surface area (Å²) in [6, 6.07) is 23.3. The molecular weight excluding hydrogens is 538 g/mol. The number of ether oxygens (including phenoxy) is 1. The van der Waals surface area contributed by atoms with Gasteiger partial charge in [0, 0.05) is 39.0 Å². The Kier molecular flexibility index (Phi) is 10.5. The van der Waals surface area contributed by atoms with E-state index in [1.807, 2.05) is 61.5 Å². The molecule has 2 amide bonds. The predicted octanol–water partition coefficient (Wildman–Crippen LogP) is 4.19. The molecule has 0 saturated carbocycles. The first kappa shape index (κ1) is 30.3. The third-order valence-corrected chi connectivity index (χ3v) is 9.30. The predicted molar refractivity (Wildman–Crippen MR) is 159 cm³/mol. The van der Waals surface area contributed by atoms with Crippen LogP contribution in [-0.4, -0.2) is 62.2 Å². The van der Waals surface area contributed by atoms with Crippen LogP contribution >= 0.6 is 0 Å². The zero-order chi connectivity index (χ0) is 29.2. The van der Waals surface area contributed by atoms with E-state index in [1.54, 1.807) is 36.3 Å². The maximum absolute atomic E-state index is 13.8. The SMILES string of the molecule is CCNC(=O)C(Cc1ccccc1)N(Cc1ccc(OC)cc1)C(=O)CCc1ccc(S(=O)(=O)N2CCCC2)cc1. The Balaban J connectivity index is 1.54. The lowest BCUT2D eigenvalue weighted by Gasteiger charge is -2.31. The van der Waals surface area contributed by atoms with Crippen molar-refractivity contribution < 1.29 is 22.7 Å². The molecule has 1 saturated heterocycles. The van der Waals surface area contributed by atoms with Gasteiger partial charge >= 0.3 is 0 Å². The molecule has 1 aliphatic rings. The standard InChI is InChI=1S/C32H39N3O5S/c1-3-33-32(37)30(23-26-9-5-4-6-10-26)35(24-27-11-16-28(40-2)17-12-27)31(36)20-15-25-13-18-29(19-14-25)41(38,39)34-21-7-8-22-34/h4-6,9-14,16-19,30H,3,7-8,15,20-24H2,1-2H3,(H,33,37). The lowest BCUT2D eigenvalue weighted by atomic mass is 10.0. The first-order chi connectivity index (χ1) is 19.8. The van der Waals surface area contributed by atoms with Gasteiger partial charge in [0.05, 0.1) is 12.0 Å². The summed E-state index contributed by atoms with van der Waals surface area (Å²) in [6.45, 7) is 3.70. The number of carbonyl (C=O) groups is 2. The quantitative estimate of drug-likeness (QED) is 0.329. The van der Waals surface area contributed by atoms with Crippen LogP contribution in [0.1, 0.15) is 42.9 Å². The summed E-state index contributed by atoms with van der Waals surface area (Å²) in [6.07, 6.45) is 2.76. The number of hydrogen-bond acceptors (Lipinski definition) is 5. The molecule has 0 aliphatic carbocycles. The average Bonchev–Trinajstić information content (AvgIpc) is 3.55. The molecule has 8 nitrogen and oxygen atoms in total. The molecule has 1 fully saturated rings. The second kappa shape index (κ2) is 14.3. The number of carbonyl (C=O) groups excluding carboxylic acids is 2. The van der Waals surface area contributed by atoms with Gasteiger partial charge in [-0.2, -0.15) is 4.31 Å². The van der Waals surface area contributed by atoms with Gasteiger partial charge in [0.15, 0.2) is 0 Å². The summed E-state index contributed by atoms with van der Waals surface area (Å²) in [4.78, 5) is 29.0. The van der Waals surface area contributed by atoms with Crippen molar-refractivity contribution in [2.24, 2.45) is 0 Å². The number of methoxy groups -OCH3 is 1. The summed E-state index contributed by atoms with van der Waals surface area (Å²) in [5, 5.41) is 2.91. The number of likely N-dealkylation sites (N-methyl/N-ethyl adjacent to an activating group) is 1. The molecule has 1 unspecified atom stereocenters. The van der Waals surface area contributed by atoms with Crippen molar-refractivity contribution in [3.05, 3.63) is 95.6 Å². The van der Waals surface area contributed by atoms with Crippen molar-refractivity contribution >= 4 is 21.8 Å². The first-order valence-electron chi connectivity index (χ1n) is 14.1. The van der Waals surface area contributed by atoms with Gasteiger partial charge in [-0.15, -0.1) is 0 Å². The van der Waals surface area contributed by atoms with E-state index in [0.29, 0.717) is 38.2 Å². The van der Waals surface area contributed by atoms with Gasteiger partial charge in [0.25, 0.3) is 0 Å². The Morgan fingerprint density at radius 3 is 2.15 bits per heavy atom. The molecular formula is C32H39N3O5S. The topological polar surface area (TPSA) is 96.0 Å². The summed E-state index contributed by atoms with van der Waals surface area (Å²) in [7, 11) is -1.89. The van der Waals surface area contributed by atoms with Crippen molar-refractivity contribution in [2.45, 2.75) is 56.5 Å². The number of benzene rings is 3. The van der Waals surface area contributed by atoms with Crippen LogP contribution in [0.2, 0.25) is 0 Å². The van der Waals surface area contributed by atoms with Crippen molar-refractivity contribution in [2.75, 3.05) is 26.7 Å². The van der Waals surface area contributed by atoms with E-state index in [0.717, 1.165) is 29.5 Å². The van der Waals surface area contributed by atoms with Gasteiger partial charge in [0.2, 0.25) is 21.8 Å². The van der Waals surface area contributed by atoms with Crippen molar-refractivity contribution in [3.63, 3.8) is 0 Å². The van der Waals surface area contributed by atoms with Crippen LogP contribution in [0.4, 0.5) is 0 Å². The van der Waals surface area contributed by atoms with Gasteiger partial charge in [-0.05, 0) is 67.1 Å². The monoisotopic (exact) mass is 577 g/mol. The highest BCUT2D eigenvalue weighted by atomic mass is 32.2. The third-order valence-electron chi connectivity index (χ3n) is 7.39. The Bertz CT molecular complexity index is 1390. The van der Waals surface area contributed by atoms with Gasteiger partial charge < -0.3 is 15.0 Å². The molecule has 41 heavy (non-hydrogen) atoms. The van der Waals surface area contributed by atoms with Crippen LogP contribution in [0.5, 0.6) is 5.75 Å². The van der Waals surface area contributed by atoms with Gasteiger partial charge in [-0.25, -0.2) is 8.42 Å². The lowest BCUT2D eigenvalue weighted by molar-refractivity contribution is -0.141. The molecule has 0 aromatic heterocycles. The summed E-state index contributed by atoms with van der Waals surface area (Å²) >= 11 is 0. The number of aryl methyl sites for hydroxylation is 1. The van der Waals surface area contributed by atoms with Gasteiger partial charge in [0.1, 0.15) is 11.8 Å². The largest absolute Gasteiger partial charge is 0.497 e. The Morgan fingerprint density at radius 1 is 0.902 bits per heavy atom. The minimum atomic E-state index is -3.49. The van der Waals surface area contributed by atoms with Crippen LogP contribution in [0.15, 0.2) is 83.8 Å². The number of sulfonamides is 1. The van der Waals surface area contributed by atoms with Crippen LogP contribution in [0.3, 0.4) is 0 Å². The molecule has 1 N–H and O–H groups in total. The fourth-order valence-electron chi connectivity index (χ4n) is 5.07. The fraction of sp³-hybridized carbons (Fsp3) is 0.375. The zero-order valence-corrected chi connectivity index (χ0v) is 24.6. The highest BCUT2D eigenvalue weighted by Crippen LogP contribution is 2.22. The fourth-order valence-corrected chi connectivity index (χ4v) is 6.59. The summed E-state index contributed by atoms with van der Waals surface area (Å²) in [5.41, 5.74) is 2.71. The van der Waals surface area contributed by atoms with Gasteiger partial charge in [-0.3, -0.25) is 9.59 Å². The normalized spacial score (nSPS) is 14.4. The molecule has 0 spiro atoms. The van der Waals surface area contributed by atoms with E-state index >= 15 is 0 Å². The van der Waals surface area contributed by atoms with Crippen LogP contribution in [0, 0.1) is 0 Å². The van der Waals surface area contributed by atoms with Crippen LogP contribution in [-0.2, 0) is 39.0 Å². The van der Waals surface area contributed by atoms with E-state index < -0.39 is 16.1 Å². The molecule has 218 valence electrons. The molecule has 3 aromatic rings. The molecule has 1 atom stereocenters. The van der Waals surface area contributed by atoms with Crippen molar-refractivity contribution in [1.82, 2.24) is 14.5 Å². The molecule has 1 aliphatic heterocycles. The zero-order valence-electron chi connectivity index (χ0n) is 23.8. The van der Waals surface area contributed by atoms with Crippen molar-refractivity contribution in [1.29, 1.82) is 0 Å². The molecule has 1 heterocycles. The summed E-state index contributed by atoms with van der Waals surface area (Å²) in [5.74, 6) is 0.364.